The smallest absolute Gasteiger partial charge is 0.407 e. The van der Waals surface area contributed by atoms with Crippen molar-refractivity contribution < 1.29 is 9.53 Å². The van der Waals surface area contributed by atoms with Gasteiger partial charge in [-0.25, -0.2) is 4.79 Å². The Bertz CT molecular complexity index is 617. The summed E-state index contributed by atoms with van der Waals surface area (Å²) in [5.74, 6) is 0. The lowest BCUT2D eigenvalue weighted by Crippen LogP contribution is -2.30. The molecule has 0 radical (unpaired) electrons. The number of alkyl carbamates (subject to hydrolysis) is 1. The van der Waals surface area contributed by atoms with Crippen molar-refractivity contribution in [3.63, 3.8) is 0 Å². The first-order valence-electron chi connectivity index (χ1n) is 11.3. The van der Waals surface area contributed by atoms with Gasteiger partial charge >= 0.3 is 6.09 Å². The maximum atomic E-state index is 12.3. The van der Waals surface area contributed by atoms with Gasteiger partial charge in [0.2, 0.25) is 0 Å². The second kappa shape index (κ2) is 14.7. The van der Waals surface area contributed by atoms with Crippen LogP contribution in [-0.2, 0) is 4.74 Å². The van der Waals surface area contributed by atoms with Crippen molar-refractivity contribution in [3.05, 3.63) is 71.8 Å². The van der Waals surface area contributed by atoms with Gasteiger partial charge in [0.25, 0.3) is 0 Å². The Labute approximate surface area is 176 Å². The molecule has 1 amide bonds. The lowest BCUT2D eigenvalue weighted by atomic mass is 9.99. The van der Waals surface area contributed by atoms with Crippen molar-refractivity contribution in [2.24, 2.45) is 0 Å². The number of unbranched alkanes of at least 4 members (excludes halogenated alkanes) is 9. The molecule has 0 atom stereocenters. The summed E-state index contributed by atoms with van der Waals surface area (Å²) in [5, 5.41) is 3.02. The highest BCUT2D eigenvalue weighted by molar-refractivity contribution is 5.68. The maximum Gasteiger partial charge on any atom is 0.407 e. The third-order valence-corrected chi connectivity index (χ3v) is 5.26. The van der Waals surface area contributed by atoms with Crippen molar-refractivity contribution in [2.75, 3.05) is 6.61 Å². The standard InChI is InChI=1S/C26H37NO2/c1-2-3-4-5-6-7-8-9-10-17-22-29-26(28)27-25(23-18-13-11-14-19-23)24-20-15-12-16-21-24/h11-16,18-21,25H,2-10,17,22H2,1H3,(H,27,28). The maximum absolute atomic E-state index is 12.3. The van der Waals surface area contributed by atoms with Crippen LogP contribution in [0.3, 0.4) is 0 Å². The fraction of sp³-hybridized carbons (Fsp3) is 0.500. The largest absolute Gasteiger partial charge is 0.450 e. The minimum Gasteiger partial charge on any atom is -0.450 e. The van der Waals surface area contributed by atoms with Gasteiger partial charge in [-0.1, -0.05) is 125 Å². The van der Waals surface area contributed by atoms with E-state index in [1.54, 1.807) is 0 Å². The summed E-state index contributed by atoms with van der Waals surface area (Å²) in [5.41, 5.74) is 2.10. The third kappa shape index (κ3) is 9.65. The minimum atomic E-state index is -0.348. The van der Waals surface area contributed by atoms with E-state index in [4.69, 9.17) is 4.74 Å². The van der Waals surface area contributed by atoms with E-state index in [2.05, 4.69) is 12.2 Å². The zero-order chi connectivity index (χ0) is 20.6. The lowest BCUT2D eigenvalue weighted by molar-refractivity contribution is 0.141. The molecule has 0 heterocycles. The number of benzene rings is 2. The molecule has 0 saturated carbocycles. The van der Waals surface area contributed by atoms with E-state index in [0.717, 1.165) is 24.0 Å². The van der Waals surface area contributed by atoms with Gasteiger partial charge in [-0.2, -0.15) is 0 Å². The Morgan fingerprint density at radius 1 is 0.724 bits per heavy atom. The van der Waals surface area contributed by atoms with Gasteiger partial charge in [0.05, 0.1) is 12.6 Å². The lowest BCUT2D eigenvalue weighted by Gasteiger charge is -2.19. The van der Waals surface area contributed by atoms with Crippen LogP contribution in [0.25, 0.3) is 0 Å². The molecule has 2 aromatic carbocycles. The quantitative estimate of drug-likeness (QED) is 0.338. The number of hydrogen-bond acceptors (Lipinski definition) is 2. The number of amides is 1. The summed E-state index contributed by atoms with van der Waals surface area (Å²) >= 11 is 0. The van der Waals surface area contributed by atoms with Gasteiger partial charge in [-0.15, -0.1) is 0 Å². The molecule has 0 fully saturated rings. The van der Waals surface area contributed by atoms with E-state index in [0.29, 0.717) is 6.61 Å². The van der Waals surface area contributed by atoms with Gasteiger partial charge in [-0.05, 0) is 17.5 Å². The van der Waals surface area contributed by atoms with E-state index in [-0.39, 0.29) is 12.1 Å². The summed E-state index contributed by atoms with van der Waals surface area (Å²) in [6, 6.07) is 19.8. The van der Waals surface area contributed by atoms with E-state index >= 15 is 0 Å². The molecule has 2 aromatic rings. The Hall–Kier alpha value is -2.29. The molecular weight excluding hydrogens is 358 g/mol. The molecule has 2 rings (SSSR count). The van der Waals surface area contributed by atoms with E-state index < -0.39 is 0 Å². The van der Waals surface area contributed by atoms with Crippen molar-refractivity contribution in [1.82, 2.24) is 5.32 Å². The summed E-state index contributed by atoms with van der Waals surface area (Å²) in [7, 11) is 0. The molecule has 0 aliphatic rings. The van der Waals surface area contributed by atoms with Crippen LogP contribution in [0, 0.1) is 0 Å². The van der Waals surface area contributed by atoms with Crippen molar-refractivity contribution in [1.29, 1.82) is 0 Å². The normalized spacial score (nSPS) is 10.8. The van der Waals surface area contributed by atoms with Crippen LogP contribution in [0.4, 0.5) is 4.79 Å². The van der Waals surface area contributed by atoms with Crippen LogP contribution in [0.5, 0.6) is 0 Å². The molecule has 0 aromatic heterocycles. The Morgan fingerprint density at radius 3 is 1.66 bits per heavy atom. The molecule has 29 heavy (non-hydrogen) atoms. The number of carbonyl (C=O) groups is 1. The molecule has 3 nitrogen and oxygen atoms in total. The van der Waals surface area contributed by atoms with Crippen LogP contribution in [0.2, 0.25) is 0 Å². The van der Waals surface area contributed by atoms with Crippen LogP contribution in [-0.4, -0.2) is 12.7 Å². The number of nitrogens with one attached hydrogen (secondary N) is 1. The zero-order valence-corrected chi connectivity index (χ0v) is 17.9. The minimum absolute atomic E-state index is 0.197. The van der Waals surface area contributed by atoms with Crippen LogP contribution < -0.4 is 5.32 Å². The van der Waals surface area contributed by atoms with E-state index in [9.17, 15) is 4.79 Å². The van der Waals surface area contributed by atoms with Gasteiger partial charge in [0, 0.05) is 0 Å². The second-order valence-corrected chi connectivity index (χ2v) is 7.72. The Balaban J connectivity index is 1.64. The first-order chi connectivity index (χ1) is 14.3. The monoisotopic (exact) mass is 395 g/mol. The summed E-state index contributed by atoms with van der Waals surface area (Å²) in [6.07, 6.45) is 12.4. The molecule has 0 aliphatic carbocycles. The predicted octanol–water partition coefficient (Wildman–Crippen LogP) is 7.42. The number of ether oxygens (including phenoxy) is 1. The van der Waals surface area contributed by atoms with E-state index in [1.807, 2.05) is 60.7 Å². The summed E-state index contributed by atoms with van der Waals surface area (Å²) < 4.78 is 5.44. The highest BCUT2D eigenvalue weighted by atomic mass is 16.5. The van der Waals surface area contributed by atoms with Crippen LogP contribution >= 0.6 is 0 Å². The highest BCUT2D eigenvalue weighted by Crippen LogP contribution is 2.21. The van der Waals surface area contributed by atoms with Crippen molar-refractivity contribution in [2.45, 2.75) is 77.2 Å². The number of carbonyl (C=O) groups excluding carboxylic acids is 1. The topological polar surface area (TPSA) is 38.3 Å². The molecule has 0 spiro atoms. The predicted molar refractivity (Wildman–Crippen MR) is 121 cm³/mol. The van der Waals surface area contributed by atoms with Gasteiger partial charge in [0.15, 0.2) is 0 Å². The molecule has 3 heteroatoms. The molecular formula is C26H37NO2. The third-order valence-electron chi connectivity index (χ3n) is 5.26. The van der Waals surface area contributed by atoms with Crippen LogP contribution in [0.15, 0.2) is 60.7 Å². The van der Waals surface area contributed by atoms with Gasteiger partial charge in [0.1, 0.15) is 0 Å². The van der Waals surface area contributed by atoms with Gasteiger partial charge < -0.3 is 10.1 Å². The molecule has 0 bridgehead atoms. The summed E-state index contributed by atoms with van der Waals surface area (Å²) in [6.45, 7) is 2.74. The molecule has 1 N–H and O–H groups in total. The average molecular weight is 396 g/mol. The first kappa shape index (κ1) is 23.0. The second-order valence-electron chi connectivity index (χ2n) is 7.72. The Kier molecular flexibility index (Phi) is 11.6. The van der Waals surface area contributed by atoms with E-state index in [1.165, 1.54) is 51.4 Å². The molecule has 158 valence electrons. The number of hydrogen-bond donors (Lipinski definition) is 1. The van der Waals surface area contributed by atoms with Crippen molar-refractivity contribution in [3.8, 4) is 0 Å². The highest BCUT2D eigenvalue weighted by Gasteiger charge is 2.17. The molecule has 0 aliphatic heterocycles. The zero-order valence-electron chi connectivity index (χ0n) is 17.9. The number of rotatable bonds is 14. The van der Waals surface area contributed by atoms with Gasteiger partial charge in [-0.3, -0.25) is 0 Å². The summed E-state index contributed by atoms with van der Waals surface area (Å²) in [4.78, 5) is 12.3. The van der Waals surface area contributed by atoms with Crippen LogP contribution in [0.1, 0.15) is 88.3 Å². The molecule has 0 saturated heterocycles. The fourth-order valence-corrected chi connectivity index (χ4v) is 3.56. The first-order valence-corrected chi connectivity index (χ1v) is 11.3. The molecule has 0 unspecified atom stereocenters. The fourth-order valence-electron chi connectivity index (χ4n) is 3.56. The Morgan fingerprint density at radius 2 is 1.17 bits per heavy atom. The van der Waals surface area contributed by atoms with Crippen molar-refractivity contribution >= 4 is 6.09 Å². The SMILES string of the molecule is CCCCCCCCCCCCOC(=O)NC(c1ccccc1)c1ccccc1. The average Bonchev–Trinajstić information content (AvgIpc) is 2.77.